The van der Waals surface area contributed by atoms with Gasteiger partial charge in [0.25, 0.3) is 0 Å². The molecule has 0 aliphatic carbocycles. The zero-order valence-corrected chi connectivity index (χ0v) is 15.6. The monoisotopic (exact) mass is 342 g/mol. The molecule has 0 spiro atoms. The van der Waals surface area contributed by atoms with E-state index in [1.807, 2.05) is 56.1 Å². The molecule has 0 aromatic heterocycles. The van der Waals surface area contributed by atoms with Gasteiger partial charge in [-0.3, -0.25) is 9.69 Å². The van der Waals surface area contributed by atoms with Crippen LogP contribution in [0.3, 0.4) is 0 Å². The Kier molecular flexibility index (Phi) is 6.42. The van der Waals surface area contributed by atoms with Crippen molar-refractivity contribution in [2.75, 3.05) is 33.1 Å². The minimum atomic E-state index is -0.0451. The molecule has 1 N–H and O–H groups in total. The fourth-order valence-electron chi connectivity index (χ4n) is 2.81. The Morgan fingerprint density at radius 3 is 2.52 bits per heavy atom. The van der Waals surface area contributed by atoms with Gasteiger partial charge in [-0.2, -0.15) is 0 Å². The number of carbonyl (C=O) groups excluding carboxylic acids is 1. The number of hydrogen-bond donors (Lipinski definition) is 1. The Hall–Kier alpha value is -2.53. The Balaban J connectivity index is 2.00. The molecule has 1 amide bonds. The summed E-state index contributed by atoms with van der Waals surface area (Å²) < 4.78 is 10.8. The van der Waals surface area contributed by atoms with Gasteiger partial charge < -0.3 is 14.8 Å². The molecule has 134 valence electrons. The molecule has 5 nitrogen and oxygen atoms in total. The maximum atomic E-state index is 12.3. The molecule has 0 saturated heterocycles. The first-order valence-corrected chi connectivity index (χ1v) is 8.20. The second kappa shape index (κ2) is 8.53. The Labute approximate surface area is 149 Å². The predicted octanol–water partition coefficient (Wildman–Crippen LogP) is 3.39. The topological polar surface area (TPSA) is 50.8 Å². The first kappa shape index (κ1) is 18.8. The summed E-state index contributed by atoms with van der Waals surface area (Å²) in [5.41, 5.74) is 4.06. The lowest BCUT2D eigenvalue weighted by Crippen LogP contribution is -2.30. The van der Waals surface area contributed by atoms with Crippen molar-refractivity contribution in [3.05, 3.63) is 53.1 Å². The van der Waals surface area contributed by atoms with Crippen LogP contribution in [0.1, 0.15) is 16.7 Å². The van der Waals surface area contributed by atoms with Gasteiger partial charge in [0.05, 0.1) is 20.8 Å². The van der Waals surface area contributed by atoms with Crippen molar-refractivity contribution in [3.63, 3.8) is 0 Å². The summed E-state index contributed by atoms with van der Waals surface area (Å²) in [4.78, 5) is 14.3. The third kappa shape index (κ3) is 4.97. The quantitative estimate of drug-likeness (QED) is 0.838. The smallest absolute Gasteiger partial charge is 0.238 e. The zero-order chi connectivity index (χ0) is 18.4. The number of amides is 1. The SMILES string of the molecule is COc1cccc(CN(C)CC(=O)Nc2ccc(C)cc2C)c1OC. The fourth-order valence-corrected chi connectivity index (χ4v) is 2.81. The molecule has 0 atom stereocenters. The minimum Gasteiger partial charge on any atom is -0.493 e. The van der Waals surface area contributed by atoms with Crippen LogP contribution in [0, 0.1) is 13.8 Å². The van der Waals surface area contributed by atoms with Crippen LogP contribution in [0.2, 0.25) is 0 Å². The first-order valence-electron chi connectivity index (χ1n) is 8.20. The lowest BCUT2D eigenvalue weighted by atomic mass is 10.1. The summed E-state index contributed by atoms with van der Waals surface area (Å²) in [6.45, 7) is 4.90. The van der Waals surface area contributed by atoms with Gasteiger partial charge in [-0.25, -0.2) is 0 Å². The van der Waals surface area contributed by atoms with E-state index < -0.39 is 0 Å². The van der Waals surface area contributed by atoms with E-state index in [9.17, 15) is 4.79 Å². The van der Waals surface area contributed by atoms with Crippen LogP contribution < -0.4 is 14.8 Å². The molecule has 0 bridgehead atoms. The van der Waals surface area contributed by atoms with Crippen LogP contribution in [0.15, 0.2) is 36.4 Å². The van der Waals surface area contributed by atoms with Crippen molar-refractivity contribution < 1.29 is 14.3 Å². The highest BCUT2D eigenvalue weighted by Crippen LogP contribution is 2.31. The summed E-state index contributed by atoms with van der Waals surface area (Å²) in [7, 11) is 5.14. The average molecular weight is 342 g/mol. The van der Waals surface area contributed by atoms with E-state index >= 15 is 0 Å². The molecule has 0 radical (unpaired) electrons. The number of hydrogen-bond acceptors (Lipinski definition) is 4. The van der Waals surface area contributed by atoms with Crippen LogP contribution in [0.4, 0.5) is 5.69 Å². The zero-order valence-electron chi connectivity index (χ0n) is 15.6. The van der Waals surface area contributed by atoms with E-state index in [0.29, 0.717) is 18.0 Å². The second-order valence-corrected chi connectivity index (χ2v) is 6.19. The molecule has 0 fully saturated rings. The van der Waals surface area contributed by atoms with E-state index in [1.54, 1.807) is 14.2 Å². The highest BCUT2D eigenvalue weighted by atomic mass is 16.5. The molecular formula is C20H26N2O3. The molecule has 25 heavy (non-hydrogen) atoms. The predicted molar refractivity (Wildman–Crippen MR) is 100 cm³/mol. The van der Waals surface area contributed by atoms with E-state index in [4.69, 9.17) is 9.47 Å². The number of para-hydroxylation sites is 1. The summed E-state index contributed by atoms with van der Waals surface area (Å²) >= 11 is 0. The van der Waals surface area contributed by atoms with Gasteiger partial charge in [0.15, 0.2) is 11.5 Å². The lowest BCUT2D eigenvalue weighted by molar-refractivity contribution is -0.117. The van der Waals surface area contributed by atoms with Crippen molar-refractivity contribution in [1.29, 1.82) is 0 Å². The van der Waals surface area contributed by atoms with Gasteiger partial charge >= 0.3 is 0 Å². The number of methoxy groups -OCH3 is 2. The number of nitrogens with one attached hydrogen (secondary N) is 1. The van der Waals surface area contributed by atoms with E-state index in [1.165, 1.54) is 5.56 Å². The highest BCUT2D eigenvalue weighted by molar-refractivity contribution is 5.93. The lowest BCUT2D eigenvalue weighted by Gasteiger charge is -2.19. The Morgan fingerprint density at radius 1 is 1.12 bits per heavy atom. The van der Waals surface area contributed by atoms with Gasteiger partial charge in [0.1, 0.15) is 0 Å². The molecule has 0 aliphatic heterocycles. The molecule has 0 saturated carbocycles. The number of ether oxygens (including phenoxy) is 2. The van der Waals surface area contributed by atoms with Crippen molar-refractivity contribution in [2.45, 2.75) is 20.4 Å². The van der Waals surface area contributed by atoms with Crippen LogP contribution in [0.25, 0.3) is 0 Å². The van der Waals surface area contributed by atoms with Gasteiger partial charge in [0, 0.05) is 17.8 Å². The molecular weight excluding hydrogens is 316 g/mol. The maximum Gasteiger partial charge on any atom is 0.238 e. The minimum absolute atomic E-state index is 0.0451. The standard InChI is InChI=1S/C20H26N2O3/c1-14-9-10-17(15(2)11-14)21-19(23)13-22(3)12-16-7-6-8-18(24-4)20(16)25-5/h6-11H,12-13H2,1-5H3,(H,21,23). The van der Waals surface area contributed by atoms with E-state index in [-0.39, 0.29) is 12.5 Å². The fraction of sp³-hybridized carbons (Fsp3) is 0.350. The van der Waals surface area contributed by atoms with Crippen molar-refractivity contribution in [1.82, 2.24) is 4.90 Å². The van der Waals surface area contributed by atoms with E-state index in [2.05, 4.69) is 11.4 Å². The third-order valence-corrected chi connectivity index (χ3v) is 3.99. The van der Waals surface area contributed by atoms with Crippen LogP contribution >= 0.6 is 0 Å². The van der Waals surface area contributed by atoms with Crippen molar-refractivity contribution >= 4 is 11.6 Å². The van der Waals surface area contributed by atoms with Gasteiger partial charge in [0.2, 0.25) is 5.91 Å². The Morgan fingerprint density at radius 2 is 1.88 bits per heavy atom. The maximum absolute atomic E-state index is 12.3. The summed E-state index contributed by atoms with van der Waals surface area (Å²) in [5, 5.41) is 2.97. The van der Waals surface area contributed by atoms with Crippen LogP contribution in [-0.2, 0) is 11.3 Å². The molecule has 5 heteroatoms. The normalized spacial score (nSPS) is 10.6. The van der Waals surface area contributed by atoms with Gasteiger partial charge in [-0.05, 0) is 38.6 Å². The number of anilines is 1. The summed E-state index contributed by atoms with van der Waals surface area (Å²) in [5.74, 6) is 1.34. The summed E-state index contributed by atoms with van der Waals surface area (Å²) in [6, 6.07) is 11.7. The molecule has 2 aromatic carbocycles. The molecule has 2 aromatic rings. The number of nitrogens with zero attached hydrogens (tertiary/aromatic N) is 1. The summed E-state index contributed by atoms with van der Waals surface area (Å²) in [6.07, 6.45) is 0. The number of aryl methyl sites for hydroxylation is 2. The Bertz CT molecular complexity index is 744. The van der Waals surface area contributed by atoms with Crippen molar-refractivity contribution in [2.24, 2.45) is 0 Å². The first-order chi connectivity index (χ1) is 11.9. The molecule has 0 heterocycles. The van der Waals surface area contributed by atoms with Gasteiger partial charge in [-0.1, -0.05) is 29.8 Å². The number of likely N-dealkylation sites (N-methyl/N-ethyl adjacent to an activating group) is 1. The average Bonchev–Trinajstić information content (AvgIpc) is 2.57. The van der Waals surface area contributed by atoms with Crippen molar-refractivity contribution in [3.8, 4) is 11.5 Å². The van der Waals surface area contributed by atoms with E-state index in [0.717, 1.165) is 16.8 Å². The molecule has 0 aliphatic rings. The third-order valence-electron chi connectivity index (χ3n) is 3.99. The molecule has 0 unspecified atom stereocenters. The molecule has 2 rings (SSSR count). The number of rotatable bonds is 7. The van der Waals surface area contributed by atoms with Crippen LogP contribution in [-0.4, -0.2) is 38.6 Å². The number of benzene rings is 2. The number of carbonyl (C=O) groups is 1. The van der Waals surface area contributed by atoms with Crippen LogP contribution in [0.5, 0.6) is 11.5 Å². The highest BCUT2D eigenvalue weighted by Gasteiger charge is 2.14. The largest absolute Gasteiger partial charge is 0.493 e. The van der Waals surface area contributed by atoms with Gasteiger partial charge in [-0.15, -0.1) is 0 Å². The second-order valence-electron chi connectivity index (χ2n) is 6.19.